The minimum absolute atomic E-state index is 0.158. The van der Waals surface area contributed by atoms with Crippen LogP contribution in [0.2, 0.25) is 0 Å². The third kappa shape index (κ3) is 1.76. The third-order valence-corrected chi connectivity index (χ3v) is 3.79. The van der Waals surface area contributed by atoms with Crippen LogP contribution in [0, 0.1) is 0 Å². The number of nitrogens with zero attached hydrogens (tertiary/aromatic N) is 1. The lowest BCUT2D eigenvalue weighted by Gasteiger charge is -2.19. The minimum Gasteiger partial charge on any atom is -0.331 e. The molecule has 3 rings (SSSR count). The molecule has 1 aromatic carbocycles. The molecule has 0 N–H and O–H groups in total. The van der Waals surface area contributed by atoms with Crippen molar-refractivity contribution in [2.24, 2.45) is 0 Å². The van der Waals surface area contributed by atoms with Gasteiger partial charge in [-0.15, -0.1) is 0 Å². The first-order valence-electron chi connectivity index (χ1n) is 6.41. The smallest absolute Gasteiger partial charge is 0.254 e. The van der Waals surface area contributed by atoms with Crippen LogP contribution < -0.4 is 0 Å². The van der Waals surface area contributed by atoms with Gasteiger partial charge in [-0.05, 0) is 35.4 Å². The molecule has 1 aliphatic carbocycles. The van der Waals surface area contributed by atoms with Crippen molar-refractivity contribution < 1.29 is 4.79 Å². The second-order valence-corrected chi connectivity index (χ2v) is 6.29. The molecule has 0 saturated heterocycles. The highest BCUT2D eigenvalue weighted by atomic mass is 16.2. The van der Waals surface area contributed by atoms with Crippen LogP contribution >= 0.6 is 0 Å². The SMILES string of the molecule is CC(C)(C)c1ccc2c(c1)CN(C1CC1)C2=O. The van der Waals surface area contributed by atoms with E-state index in [1.807, 2.05) is 11.0 Å². The Labute approximate surface area is 103 Å². The van der Waals surface area contributed by atoms with Crippen LogP contribution in [0.5, 0.6) is 0 Å². The Morgan fingerprint density at radius 1 is 1.24 bits per heavy atom. The van der Waals surface area contributed by atoms with Gasteiger partial charge in [0.15, 0.2) is 0 Å². The molecule has 2 heteroatoms. The van der Waals surface area contributed by atoms with Crippen LogP contribution in [0.4, 0.5) is 0 Å². The molecule has 0 radical (unpaired) electrons. The normalized spacial score (nSPS) is 19.7. The quantitative estimate of drug-likeness (QED) is 0.724. The summed E-state index contributed by atoms with van der Waals surface area (Å²) in [4.78, 5) is 14.2. The number of hydrogen-bond acceptors (Lipinski definition) is 1. The molecule has 1 saturated carbocycles. The summed E-state index contributed by atoms with van der Waals surface area (Å²) >= 11 is 0. The second kappa shape index (κ2) is 3.34. The Morgan fingerprint density at radius 2 is 1.94 bits per heavy atom. The number of hydrogen-bond donors (Lipinski definition) is 0. The third-order valence-electron chi connectivity index (χ3n) is 3.79. The Morgan fingerprint density at radius 3 is 2.53 bits per heavy atom. The average Bonchev–Trinajstić information content (AvgIpc) is 3.03. The van der Waals surface area contributed by atoms with Crippen LogP contribution in [0.25, 0.3) is 0 Å². The van der Waals surface area contributed by atoms with Crippen LogP contribution in [0.15, 0.2) is 18.2 Å². The van der Waals surface area contributed by atoms with Gasteiger partial charge in [-0.2, -0.15) is 0 Å². The average molecular weight is 229 g/mol. The van der Waals surface area contributed by atoms with Gasteiger partial charge in [-0.1, -0.05) is 32.9 Å². The zero-order chi connectivity index (χ0) is 12.2. The van der Waals surface area contributed by atoms with Gasteiger partial charge in [0.25, 0.3) is 5.91 Å². The van der Waals surface area contributed by atoms with Crippen molar-refractivity contribution in [3.63, 3.8) is 0 Å². The van der Waals surface area contributed by atoms with Crippen molar-refractivity contribution in [1.29, 1.82) is 0 Å². The monoisotopic (exact) mass is 229 g/mol. The predicted molar refractivity (Wildman–Crippen MR) is 68.0 cm³/mol. The van der Waals surface area contributed by atoms with Crippen LogP contribution in [-0.2, 0) is 12.0 Å². The van der Waals surface area contributed by atoms with Gasteiger partial charge in [0.05, 0.1) is 0 Å². The molecular weight excluding hydrogens is 210 g/mol. The van der Waals surface area contributed by atoms with Gasteiger partial charge in [0, 0.05) is 18.2 Å². The second-order valence-electron chi connectivity index (χ2n) is 6.29. The number of carbonyl (C=O) groups is 1. The highest BCUT2D eigenvalue weighted by molar-refractivity contribution is 5.98. The first-order chi connectivity index (χ1) is 7.97. The van der Waals surface area contributed by atoms with E-state index in [0.717, 1.165) is 12.1 Å². The standard InChI is InChI=1S/C15H19NO/c1-15(2,3)11-4-7-13-10(8-11)9-16(14(13)17)12-5-6-12/h4,7-8,12H,5-6,9H2,1-3H3. The van der Waals surface area contributed by atoms with Gasteiger partial charge in [0.1, 0.15) is 0 Å². The molecule has 1 heterocycles. The fraction of sp³-hybridized carbons (Fsp3) is 0.533. The number of fused-ring (bicyclic) bond motifs is 1. The molecule has 0 bridgehead atoms. The predicted octanol–water partition coefficient (Wildman–Crippen LogP) is 3.10. The van der Waals surface area contributed by atoms with Gasteiger partial charge in [-0.25, -0.2) is 0 Å². The zero-order valence-corrected chi connectivity index (χ0v) is 10.8. The van der Waals surface area contributed by atoms with Crippen LogP contribution in [0.1, 0.15) is 55.1 Å². The topological polar surface area (TPSA) is 20.3 Å². The lowest BCUT2D eigenvalue weighted by molar-refractivity contribution is 0.0766. The van der Waals surface area contributed by atoms with Crippen molar-refractivity contribution in [3.05, 3.63) is 34.9 Å². The highest BCUT2D eigenvalue weighted by Crippen LogP contribution is 2.36. The molecule has 17 heavy (non-hydrogen) atoms. The van der Waals surface area contributed by atoms with Gasteiger partial charge < -0.3 is 4.90 Å². The highest BCUT2D eigenvalue weighted by Gasteiger charge is 2.38. The van der Waals surface area contributed by atoms with E-state index < -0.39 is 0 Å². The Kier molecular flexibility index (Phi) is 2.13. The van der Waals surface area contributed by atoms with E-state index in [2.05, 4.69) is 32.9 Å². The Hall–Kier alpha value is -1.31. The van der Waals surface area contributed by atoms with Gasteiger partial charge in [0.2, 0.25) is 0 Å². The molecule has 0 atom stereocenters. The molecule has 1 fully saturated rings. The molecule has 0 unspecified atom stereocenters. The summed E-state index contributed by atoms with van der Waals surface area (Å²) in [6, 6.07) is 6.86. The van der Waals surface area contributed by atoms with E-state index in [1.165, 1.54) is 24.0 Å². The maximum Gasteiger partial charge on any atom is 0.254 e. The summed E-state index contributed by atoms with van der Waals surface area (Å²) in [7, 11) is 0. The number of benzene rings is 1. The largest absolute Gasteiger partial charge is 0.331 e. The van der Waals surface area contributed by atoms with E-state index in [-0.39, 0.29) is 11.3 Å². The summed E-state index contributed by atoms with van der Waals surface area (Å²) in [5.41, 5.74) is 3.62. The van der Waals surface area contributed by atoms with Gasteiger partial charge >= 0.3 is 0 Å². The maximum atomic E-state index is 12.2. The van der Waals surface area contributed by atoms with E-state index in [1.54, 1.807) is 0 Å². The van der Waals surface area contributed by atoms with E-state index in [4.69, 9.17) is 0 Å². The van der Waals surface area contributed by atoms with Crippen molar-refractivity contribution in [2.75, 3.05) is 0 Å². The molecule has 1 aromatic rings. The number of carbonyl (C=O) groups excluding carboxylic acids is 1. The molecule has 0 aromatic heterocycles. The molecule has 1 aliphatic heterocycles. The van der Waals surface area contributed by atoms with Crippen molar-refractivity contribution in [2.45, 2.75) is 51.6 Å². The fourth-order valence-electron chi connectivity index (χ4n) is 2.49. The number of rotatable bonds is 1. The summed E-state index contributed by atoms with van der Waals surface area (Å²) in [6.07, 6.45) is 2.37. The number of amides is 1. The lowest BCUT2D eigenvalue weighted by Crippen LogP contribution is -2.25. The minimum atomic E-state index is 0.158. The molecule has 1 amide bonds. The van der Waals surface area contributed by atoms with Gasteiger partial charge in [-0.3, -0.25) is 4.79 Å². The summed E-state index contributed by atoms with van der Waals surface area (Å²) in [6.45, 7) is 7.46. The first-order valence-corrected chi connectivity index (χ1v) is 6.41. The lowest BCUT2D eigenvalue weighted by atomic mass is 9.85. The molecule has 0 spiro atoms. The molecule has 90 valence electrons. The Balaban J connectivity index is 1.97. The van der Waals surface area contributed by atoms with E-state index >= 15 is 0 Å². The first kappa shape index (κ1) is 10.8. The van der Waals surface area contributed by atoms with Crippen molar-refractivity contribution in [3.8, 4) is 0 Å². The molecular formula is C15H19NO. The van der Waals surface area contributed by atoms with E-state index in [0.29, 0.717) is 6.04 Å². The van der Waals surface area contributed by atoms with Crippen LogP contribution in [-0.4, -0.2) is 16.8 Å². The summed E-state index contributed by atoms with van der Waals surface area (Å²) in [5, 5.41) is 0. The molecule has 2 aliphatic rings. The fourth-order valence-corrected chi connectivity index (χ4v) is 2.49. The summed E-state index contributed by atoms with van der Waals surface area (Å²) < 4.78 is 0. The van der Waals surface area contributed by atoms with E-state index in [9.17, 15) is 4.79 Å². The maximum absolute atomic E-state index is 12.2. The van der Waals surface area contributed by atoms with Crippen molar-refractivity contribution >= 4 is 5.91 Å². The Bertz CT molecular complexity index is 480. The van der Waals surface area contributed by atoms with Crippen molar-refractivity contribution in [1.82, 2.24) is 4.90 Å². The summed E-state index contributed by atoms with van der Waals surface area (Å²) in [5.74, 6) is 0.239. The zero-order valence-electron chi connectivity index (χ0n) is 10.8. The van der Waals surface area contributed by atoms with Crippen LogP contribution in [0.3, 0.4) is 0 Å². The molecule has 2 nitrogen and oxygen atoms in total.